The Morgan fingerprint density at radius 1 is 1.29 bits per heavy atom. The van der Waals surface area contributed by atoms with Crippen molar-refractivity contribution >= 4 is 17.1 Å². The maximum absolute atomic E-state index is 12.8. The third kappa shape index (κ3) is 3.92. The first kappa shape index (κ1) is 16.6. The summed E-state index contributed by atoms with van der Waals surface area (Å²) < 4.78 is 0. The number of rotatable bonds is 4. The minimum absolute atomic E-state index is 0.0473. The van der Waals surface area contributed by atoms with Crippen molar-refractivity contribution in [2.24, 2.45) is 11.1 Å². The summed E-state index contributed by atoms with van der Waals surface area (Å²) >= 11 is 1.61. The van der Waals surface area contributed by atoms with Gasteiger partial charge in [-0.3, -0.25) is 4.79 Å². The Balaban J connectivity index is 2.10. The second-order valence-electron chi connectivity index (χ2n) is 7.38. The summed E-state index contributed by atoms with van der Waals surface area (Å²) in [5, 5.41) is 3.03. The van der Waals surface area contributed by atoms with Gasteiger partial charge in [-0.1, -0.05) is 46.5 Å². The number of hydrogen-bond acceptors (Lipinski definition) is 4. The van der Waals surface area contributed by atoms with E-state index in [1.54, 1.807) is 11.3 Å². The van der Waals surface area contributed by atoms with Crippen LogP contribution in [0.1, 0.15) is 70.0 Å². The molecule has 1 aromatic heterocycles. The van der Waals surface area contributed by atoms with Crippen molar-refractivity contribution in [3.8, 4) is 0 Å². The van der Waals surface area contributed by atoms with E-state index in [1.807, 2.05) is 0 Å². The predicted octanol–water partition coefficient (Wildman–Crippen LogP) is 3.85. The van der Waals surface area contributed by atoms with E-state index in [1.165, 1.54) is 12.8 Å². The zero-order valence-corrected chi connectivity index (χ0v) is 14.4. The highest BCUT2D eigenvalue weighted by atomic mass is 32.1. The molecule has 0 atom stereocenters. The van der Waals surface area contributed by atoms with Crippen LogP contribution in [0, 0.1) is 5.41 Å². The van der Waals surface area contributed by atoms with Crippen molar-refractivity contribution in [1.82, 2.24) is 4.98 Å². The van der Waals surface area contributed by atoms with E-state index < -0.39 is 0 Å². The minimum atomic E-state index is -0.288. The molecule has 1 saturated carbocycles. The van der Waals surface area contributed by atoms with Gasteiger partial charge >= 0.3 is 0 Å². The molecule has 4 heteroatoms. The molecule has 1 heterocycles. The van der Waals surface area contributed by atoms with E-state index in [4.69, 9.17) is 5.73 Å². The Hall–Kier alpha value is -0.740. The lowest BCUT2D eigenvalue weighted by Crippen LogP contribution is -2.39. The van der Waals surface area contributed by atoms with E-state index in [2.05, 4.69) is 31.1 Å². The SMILES string of the molecule is CC(C)(C)c1csc(CC(=O)C2(CN)CCCCCC2)n1. The zero-order valence-electron chi connectivity index (χ0n) is 13.6. The number of carbonyl (C=O) groups is 1. The Labute approximate surface area is 132 Å². The van der Waals surface area contributed by atoms with Crippen LogP contribution in [-0.2, 0) is 16.6 Å². The molecular formula is C17H28N2OS. The maximum atomic E-state index is 12.8. The van der Waals surface area contributed by atoms with Gasteiger partial charge in [0.2, 0.25) is 0 Å². The Kier molecular flexibility index (Phi) is 5.20. The summed E-state index contributed by atoms with van der Waals surface area (Å²) in [5.74, 6) is 0.307. The number of nitrogens with zero attached hydrogens (tertiary/aromatic N) is 1. The van der Waals surface area contributed by atoms with E-state index in [-0.39, 0.29) is 10.8 Å². The van der Waals surface area contributed by atoms with Crippen molar-refractivity contribution < 1.29 is 4.79 Å². The predicted molar refractivity (Wildman–Crippen MR) is 88.7 cm³/mol. The molecular weight excluding hydrogens is 280 g/mol. The Morgan fingerprint density at radius 3 is 2.38 bits per heavy atom. The van der Waals surface area contributed by atoms with Gasteiger partial charge in [-0.2, -0.15) is 0 Å². The summed E-state index contributed by atoms with van der Waals surface area (Å²) in [5.41, 5.74) is 6.84. The number of nitrogens with two attached hydrogens (primary N) is 1. The van der Waals surface area contributed by atoms with Crippen LogP contribution in [0.15, 0.2) is 5.38 Å². The Morgan fingerprint density at radius 2 is 1.90 bits per heavy atom. The van der Waals surface area contributed by atoms with Gasteiger partial charge in [0.1, 0.15) is 10.8 Å². The molecule has 118 valence electrons. The van der Waals surface area contributed by atoms with Gasteiger partial charge in [0.15, 0.2) is 0 Å². The van der Waals surface area contributed by atoms with Crippen molar-refractivity contribution in [2.45, 2.75) is 71.1 Å². The lowest BCUT2D eigenvalue weighted by atomic mass is 9.75. The van der Waals surface area contributed by atoms with Crippen LogP contribution >= 0.6 is 11.3 Å². The van der Waals surface area contributed by atoms with Gasteiger partial charge in [-0.15, -0.1) is 11.3 Å². The molecule has 1 fully saturated rings. The fourth-order valence-corrected chi connectivity index (χ4v) is 4.08. The molecule has 1 aromatic rings. The van der Waals surface area contributed by atoms with Crippen LogP contribution in [0.3, 0.4) is 0 Å². The van der Waals surface area contributed by atoms with Crippen LogP contribution in [0.5, 0.6) is 0 Å². The molecule has 0 aromatic carbocycles. The average molecular weight is 308 g/mol. The number of ketones is 1. The molecule has 1 aliphatic rings. The van der Waals surface area contributed by atoms with Gasteiger partial charge in [0.05, 0.1) is 12.1 Å². The summed E-state index contributed by atoms with van der Waals surface area (Å²) in [6, 6.07) is 0. The third-order valence-electron chi connectivity index (χ3n) is 4.67. The number of Topliss-reactive ketones (excluding diaryl/α,β-unsaturated/α-hetero) is 1. The molecule has 3 nitrogen and oxygen atoms in total. The van der Waals surface area contributed by atoms with Crippen LogP contribution in [0.2, 0.25) is 0 Å². The fraction of sp³-hybridized carbons (Fsp3) is 0.765. The van der Waals surface area contributed by atoms with Crippen molar-refractivity contribution in [3.05, 3.63) is 16.1 Å². The molecule has 0 spiro atoms. The maximum Gasteiger partial charge on any atom is 0.147 e. The van der Waals surface area contributed by atoms with Crippen LogP contribution in [0.4, 0.5) is 0 Å². The van der Waals surface area contributed by atoms with Crippen molar-refractivity contribution in [2.75, 3.05) is 6.54 Å². The molecule has 0 unspecified atom stereocenters. The molecule has 0 radical (unpaired) electrons. The van der Waals surface area contributed by atoms with Gasteiger partial charge in [0.25, 0.3) is 0 Å². The molecule has 21 heavy (non-hydrogen) atoms. The monoisotopic (exact) mass is 308 g/mol. The smallest absolute Gasteiger partial charge is 0.147 e. The fourth-order valence-electron chi connectivity index (χ4n) is 3.06. The lowest BCUT2D eigenvalue weighted by Gasteiger charge is -2.29. The van der Waals surface area contributed by atoms with Gasteiger partial charge in [-0.05, 0) is 12.8 Å². The molecule has 2 N–H and O–H groups in total. The first-order valence-electron chi connectivity index (χ1n) is 8.06. The summed E-state index contributed by atoms with van der Waals surface area (Å²) in [4.78, 5) is 17.5. The van der Waals surface area contributed by atoms with Crippen molar-refractivity contribution in [3.63, 3.8) is 0 Å². The number of thiazole rings is 1. The summed E-state index contributed by atoms with van der Waals surface area (Å²) in [6.45, 7) is 6.95. The molecule has 0 bridgehead atoms. The summed E-state index contributed by atoms with van der Waals surface area (Å²) in [6.07, 6.45) is 7.11. The van der Waals surface area contributed by atoms with E-state index in [0.29, 0.717) is 18.7 Å². The van der Waals surface area contributed by atoms with Crippen LogP contribution in [-0.4, -0.2) is 17.3 Å². The minimum Gasteiger partial charge on any atom is -0.329 e. The number of aromatic nitrogens is 1. The second kappa shape index (κ2) is 6.57. The lowest BCUT2D eigenvalue weighted by molar-refractivity contribution is -0.128. The highest BCUT2D eigenvalue weighted by Crippen LogP contribution is 2.36. The molecule has 0 amide bonds. The van der Waals surface area contributed by atoms with Crippen molar-refractivity contribution in [1.29, 1.82) is 0 Å². The molecule has 1 aliphatic carbocycles. The zero-order chi connectivity index (χ0) is 15.5. The standard InChI is InChI=1S/C17H28N2OS/c1-16(2,3)13-11-21-15(19-13)10-14(20)17(12-18)8-6-4-5-7-9-17/h11H,4-10,12,18H2,1-3H3. The number of carbonyl (C=O) groups excluding carboxylic acids is 1. The largest absolute Gasteiger partial charge is 0.329 e. The van der Waals surface area contributed by atoms with Crippen LogP contribution < -0.4 is 5.73 Å². The topological polar surface area (TPSA) is 56.0 Å². The highest BCUT2D eigenvalue weighted by molar-refractivity contribution is 7.09. The first-order chi connectivity index (χ1) is 9.87. The van der Waals surface area contributed by atoms with E-state index in [0.717, 1.165) is 36.4 Å². The van der Waals surface area contributed by atoms with Gasteiger partial charge in [-0.25, -0.2) is 4.98 Å². The van der Waals surface area contributed by atoms with E-state index >= 15 is 0 Å². The van der Waals surface area contributed by atoms with Gasteiger partial charge < -0.3 is 5.73 Å². The van der Waals surface area contributed by atoms with E-state index in [9.17, 15) is 4.79 Å². The number of hydrogen-bond donors (Lipinski definition) is 1. The first-order valence-corrected chi connectivity index (χ1v) is 8.94. The normalized spacial score (nSPS) is 19.2. The quantitative estimate of drug-likeness (QED) is 0.860. The summed E-state index contributed by atoms with van der Waals surface area (Å²) in [7, 11) is 0. The molecule has 0 saturated heterocycles. The third-order valence-corrected chi connectivity index (χ3v) is 5.52. The Bertz CT molecular complexity index is 479. The molecule has 0 aliphatic heterocycles. The van der Waals surface area contributed by atoms with Crippen LogP contribution in [0.25, 0.3) is 0 Å². The van der Waals surface area contributed by atoms with Gasteiger partial charge in [0, 0.05) is 22.8 Å². The highest BCUT2D eigenvalue weighted by Gasteiger charge is 2.37. The average Bonchev–Trinajstić information content (AvgIpc) is 2.75. The second-order valence-corrected chi connectivity index (χ2v) is 8.32. The molecule has 2 rings (SSSR count).